The SMILES string of the molecule is C=CCOc1ccc(C=C2SC(=Nc3ccccc3)N(Cc3ccccc3)C2=O)cc1. The molecule has 0 N–H and O–H groups in total. The van der Waals surface area contributed by atoms with Crippen LogP contribution in [0.1, 0.15) is 11.1 Å². The van der Waals surface area contributed by atoms with E-state index < -0.39 is 0 Å². The van der Waals surface area contributed by atoms with Crippen LogP contribution in [-0.2, 0) is 11.3 Å². The number of ether oxygens (including phenoxy) is 1. The number of carbonyl (C=O) groups excluding carboxylic acids is 1. The number of hydrogen-bond donors (Lipinski definition) is 0. The first-order chi connectivity index (χ1) is 15.2. The van der Waals surface area contributed by atoms with Gasteiger partial charge >= 0.3 is 0 Å². The summed E-state index contributed by atoms with van der Waals surface area (Å²) in [6.45, 7) is 4.59. The molecule has 0 aliphatic carbocycles. The highest BCUT2D eigenvalue weighted by atomic mass is 32.2. The Morgan fingerprint density at radius 1 is 0.935 bits per heavy atom. The second-order valence-electron chi connectivity index (χ2n) is 6.89. The van der Waals surface area contributed by atoms with Crippen LogP contribution in [0.5, 0.6) is 5.75 Å². The van der Waals surface area contributed by atoms with Crippen LogP contribution < -0.4 is 4.74 Å². The van der Waals surface area contributed by atoms with Crippen LogP contribution >= 0.6 is 11.8 Å². The molecule has 0 atom stereocenters. The number of amidine groups is 1. The maximum absolute atomic E-state index is 13.2. The lowest BCUT2D eigenvalue weighted by atomic mass is 10.2. The van der Waals surface area contributed by atoms with Crippen molar-refractivity contribution >= 4 is 34.6 Å². The van der Waals surface area contributed by atoms with E-state index in [0.717, 1.165) is 22.6 Å². The number of carbonyl (C=O) groups is 1. The van der Waals surface area contributed by atoms with E-state index in [1.165, 1.54) is 11.8 Å². The third-order valence-electron chi connectivity index (χ3n) is 4.60. The Bertz CT molecular complexity index is 1110. The zero-order chi connectivity index (χ0) is 21.5. The predicted molar refractivity (Wildman–Crippen MR) is 128 cm³/mol. The monoisotopic (exact) mass is 426 g/mol. The van der Waals surface area contributed by atoms with Crippen LogP contribution in [0.3, 0.4) is 0 Å². The molecular weight excluding hydrogens is 404 g/mol. The zero-order valence-corrected chi connectivity index (χ0v) is 17.8. The highest BCUT2D eigenvalue weighted by molar-refractivity contribution is 8.18. The molecule has 5 heteroatoms. The topological polar surface area (TPSA) is 41.9 Å². The van der Waals surface area contributed by atoms with Gasteiger partial charge in [-0.05, 0) is 53.2 Å². The highest BCUT2D eigenvalue weighted by Crippen LogP contribution is 2.35. The molecule has 1 heterocycles. The van der Waals surface area contributed by atoms with Crippen LogP contribution in [0, 0.1) is 0 Å². The average Bonchev–Trinajstić information content (AvgIpc) is 3.09. The molecule has 0 bridgehead atoms. The molecule has 0 unspecified atom stereocenters. The van der Waals surface area contributed by atoms with Crippen molar-refractivity contribution in [2.45, 2.75) is 6.54 Å². The fourth-order valence-electron chi connectivity index (χ4n) is 3.08. The third kappa shape index (κ3) is 5.32. The van der Waals surface area contributed by atoms with Gasteiger partial charge in [-0.25, -0.2) is 4.99 Å². The van der Waals surface area contributed by atoms with Crippen molar-refractivity contribution in [3.8, 4) is 5.75 Å². The molecule has 1 aliphatic rings. The maximum atomic E-state index is 13.2. The van der Waals surface area contributed by atoms with Crippen LogP contribution in [-0.4, -0.2) is 22.6 Å². The molecular formula is C26H22N2O2S. The smallest absolute Gasteiger partial charge is 0.267 e. The molecule has 154 valence electrons. The van der Waals surface area contributed by atoms with E-state index in [-0.39, 0.29) is 5.91 Å². The number of aliphatic imine (C=N–C) groups is 1. The van der Waals surface area contributed by atoms with E-state index in [4.69, 9.17) is 9.73 Å². The Kier molecular flexibility index (Phi) is 6.65. The summed E-state index contributed by atoms with van der Waals surface area (Å²) in [7, 11) is 0. The largest absolute Gasteiger partial charge is 0.490 e. The molecule has 1 saturated heterocycles. The first kappa shape index (κ1) is 20.7. The number of nitrogens with zero attached hydrogens (tertiary/aromatic N) is 2. The number of para-hydroxylation sites is 1. The summed E-state index contributed by atoms with van der Waals surface area (Å²) in [6, 6.07) is 27.3. The summed E-state index contributed by atoms with van der Waals surface area (Å²) >= 11 is 1.40. The molecule has 4 nitrogen and oxygen atoms in total. The molecule has 31 heavy (non-hydrogen) atoms. The van der Waals surface area contributed by atoms with E-state index in [9.17, 15) is 4.79 Å². The van der Waals surface area contributed by atoms with Crippen molar-refractivity contribution in [3.05, 3.63) is 114 Å². The Morgan fingerprint density at radius 3 is 2.29 bits per heavy atom. The minimum Gasteiger partial charge on any atom is -0.490 e. The van der Waals surface area contributed by atoms with Gasteiger partial charge in [-0.2, -0.15) is 0 Å². The van der Waals surface area contributed by atoms with Crippen molar-refractivity contribution in [2.75, 3.05) is 6.61 Å². The standard InChI is InChI=1S/C26H22N2O2S/c1-2-17-30-23-15-13-20(14-16-23)18-24-25(29)28(19-21-9-5-3-6-10-21)26(31-24)27-22-11-7-4-8-12-22/h2-16,18H,1,17,19H2. The fraction of sp³-hybridized carbons (Fsp3) is 0.0769. The molecule has 1 fully saturated rings. The lowest BCUT2D eigenvalue weighted by molar-refractivity contribution is -0.122. The van der Waals surface area contributed by atoms with Gasteiger partial charge in [0.2, 0.25) is 0 Å². The Balaban J connectivity index is 1.62. The Hall–Kier alpha value is -3.57. The third-order valence-corrected chi connectivity index (χ3v) is 5.60. The summed E-state index contributed by atoms with van der Waals surface area (Å²) in [5.74, 6) is 0.722. The quantitative estimate of drug-likeness (QED) is 0.341. The minimum atomic E-state index is -0.0458. The summed E-state index contributed by atoms with van der Waals surface area (Å²) < 4.78 is 5.53. The second-order valence-corrected chi connectivity index (χ2v) is 7.90. The van der Waals surface area contributed by atoms with E-state index in [0.29, 0.717) is 23.2 Å². The maximum Gasteiger partial charge on any atom is 0.267 e. The Morgan fingerprint density at radius 2 is 1.61 bits per heavy atom. The van der Waals surface area contributed by atoms with E-state index in [1.807, 2.05) is 91.0 Å². The predicted octanol–water partition coefficient (Wildman–Crippen LogP) is 6.06. The van der Waals surface area contributed by atoms with Crippen molar-refractivity contribution in [3.63, 3.8) is 0 Å². The van der Waals surface area contributed by atoms with Gasteiger partial charge in [-0.3, -0.25) is 9.69 Å². The number of amides is 1. The van der Waals surface area contributed by atoms with E-state index in [2.05, 4.69) is 6.58 Å². The minimum absolute atomic E-state index is 0.0458. The normalized spacial score (nSPS) is 16.1. The van der Waals surface area contributed by atoms with Crippen molar-refractivity contribution < 1.29 is 9.53 Å². The summed E-state index contributed by atoms with van der Waals surface area (Å²) in [4.78, 5) is 20.4. The van der Waals surface area contributed by atoms with Crippen LogP contribution in [0.15, 0.2) is 107 Å². The van der Waals surface area contributed by atoms with Crippen LogP contribution in [0.4, 0.5) is 5.69 Å². The van der Waals surface area contributed by atoms with Gasteiger partial charge in [0, 0.05) is 0 Å². The zero-order valence-electron chi connectivity index (χ0n) is 17.0. The Labute approximate surface area is 186 Å². The molecule has 0 spiro atoms. The average molecular weight is 427 g/mol. The molecule has 3 aromatic rings. The summed E-state index contributed by atoms with van der Waals surface area (Å²) in [5, 5.41) is 0.678. The van der Waals surface area contributed by atoms with E-state index >= 15 is 0 Å². The van der Waals surface area contributed by atoms with Crippen molar-refractivity contribution in [1.82, 2.24) is 4.90 Å². The molecule has 3 aromatic carbocycles. The second kappa shape index (κ2) is 9.96. The van der Waals surface area contributed by atoms with Gasteiger partial charge in [0.25, 0.3) is 5.91 Å². The van der Waals surface area contributed by atoms with Gasteiger partial charge in [-0.1, -0.05) is 73.3 Å². The number of hydrogen-bond acceptors (Lipinski definition) is 4. The highest BCUT2D eigenvalue weighted by Gasteiger charge is 2.33. The van der Waals surface area contributed by atoms with Crippen LogP contribution in [0.25, 0.3) is 6.08 Å². The molecule has 0 saturated carbocycles. The number of rotatable bonds is 7. The fourth-order valence-corrected chi connectivity index (χ4v) is 4.07. The molecule has 0 aromatic heterocycles. The van der Waals surface area contributed by atoms with E-state index in [1.54, 1.807) is 11.0 Å². The summed E-state index contributed by atoms with van der Waals surface area (Å²) in [5.41, 5.74) is 2.81. The first-order valence-corrected chi connectivity index (χ1v) is 10.8. The lowest BCUT2D eigenvalue weighted by Crippen LogP contribution is -2.28. The van der Waals surface area contributed by atoms with Gasteiger partial charge in [0.15, 0.2) is 5.17 Å². The molecule has 0 radical (unpaired) electrons. The van der Waals surface area contributed by atoms with Crippen molar-refractivity contribution in [2.24, 2.45) is 4.99 Å². The molecule has 1 amide bonds. The van der Waals surface area contributed by atoms with Gasteiger partial charge in [-0.15, -0.1) is 0 Å². The van der Waals surface area contributed by atoms with Crippen molar-refractivity contribution in [1.29, 1.82) is 0 Å². The molecule has 1 aliphatic heterocycles. The van der Waals surface area contributed by atoms with Gasteiger partial charge in [0.1, 0.15) is 12.4 Å². The lowest BCUT2D eigenvalue weighted by Gasteiger charge is -2.15. The van der Waals surface area contributed by atoms with Gasteiger partial charge in [0.05, 0.1) is 17.1 Å². The van der Waals surface area contributed by atoms with Gasteiger partial charge < -0.3 is 4.74 Å². The summed E-state index contributed by atoms with van der Waals surface area (Å²) in [6.07, 6.45) is 3.61. The first-order valence-electron chi connectivity index (χ1n) is 9.96. The number of thioether (sulfide) groups is 1. The van der Waals surface area contributed by atoms with Crippen LogP contribution in [0.2, 0.25) is 0 Å². The number of benzene rings is 3. The molecule has 4 rings (SSSR count).